The molecule has 0 bridgehead atoms. The van der Waals surface area contributed by atoms with E-state index in [1.807, 2.05) is 0 Å². The maximum atomic E-state index is 12.0. The molecule has 1 heterocycles. The van der Waals surface area contributed by atoms with E-state index in [9.17, 15) is 13.2 Å². The largest absolute Gasteiger partial charge is 0.429 e. The molecule has 1 aliphatic heterocycles. The summed E-state index contributed by atoms with van der Waals surface area (Å²) in [5, 5.41) is 7.76. The number of nitrogens with one attached hydrogen (secondary N) is 1. The molecule has 0 amide bonds. The first-order valence-electron chi connectivity index (χ1n) is 3.40. The van der Waals surface area contributed by atoms with E-state index in [0.717, 1.165) is 11.8 Å². The quantitative estimate of drug-likeness (QED) is 0.639. The second kappa shape index (κ2) is 3.12. The minimum atomic E-state index is -4.47. The van der Waals surface area contributed by atoms with Crippen molar-refractivity contribution in [1.29, 1.82) is 5.41 Å². The van der Waals surface area contributed by atoms with Crippen LogP contribution in [-0.2, 0) is 0 Å². The fourth-order valence-electron chi connectivity index (χ4n) is 0.971. The van der Waals surface area contributed by atoms with Gasteiger partial charge >= 0.3 is 6.18 Å². The van der Waals surface area contributed by atoms with Crippen LogP contribution in [0.3, 0.4) is 0 Å². The summed E-state index contributed by atoms with van der Waals surface area (Å²) in [6.45, 7) is 1.68. The summed E-state index contributed by atoms with van der Waals surface area (Å²) in [6.07, 6.45) is -2.78. The number of thioether (sulfide) groups is 1. The monoisotopic (exact) mass is 195 g/mol. The fourth-order valence-corrected chi connectivity index (χ4v) is 2.09. The van der Waals surface area contributed by atoms with Crippen molar-refractivity contribution in [2.24, 2.45) is 5.92 Å². The predicted octanol–water partition coefficient (Wildman–Crippen LogP) is 2.83. The summed E-state index contributed by atoms with van der Waals surface area (Å²) < 4.78 is 36.0. The molecule has 0 fully saturated rings. The normalized spacial score (nSPS) is 29.3. The van der Waals surface area contributed by atoms with Gasteiger partial charge in [-0.05, 0) is 11.3 Å². The van der Waals surface area contributed by atoms with Crippen LogP contribution in [0.5, 0.6) is 0 Å². The van der Waals surface area contributed by atoms with E-state index in [2.05, 4.69) is 0 Å². The molecule has 0 saturated heterocycles. The Hall–Kier alpha value is -0.450. The molecule has 5 heteroatoms. The van der Waals surface area contributed by atoms with Gasteiger partial charge in [-0.2, -0.15) is 13.2 Å². The molecule has 0 aromatic carbocycles. The zero-order valence-electron chi connectivity index (χ0n) is 6.35. The van der Waals surface area contributed by atoms with Crippen LogP contribution in [0.25, 0.3) is 0 Å². The molecule has 1 aliphatic rings. The van der Waals surface area contributed by atoms with E-state index in [-0.39, 0.29) is 5.92 Å². The smallest absolute Gasteiger partial charge is 0.300 e. The Bertz CT molecular complexity index is 221. The Morgan fingerprint density at radius 1 is 1.50 bits per heavy atom. The molecule has 0 aliphatic carbocycles. The first kappa shape index (κ1) is 9.64. The van der Waals surface area contributed by atoms with Crippen molar-refractivity contribution in [1.82, 2.24) is 0 Å². The second-order valence-corrected chi connectivity index (χ2v) is 3.71. The SMILES string of the molecule is CC1C=CSC1C(=N)C(F)(F)F. The molecule has 0 aromatic heterocycles. The standard InChI is InChI=1S/C7H8F3NS/c1-4-2-3-12-5(4)6(11)7(8,9)10/h2-5,11H,1H3. The highest BCUT2D eigenvalue weighted by molar-refractivity contribution is 8.03. The Morgan fingerprint density at radius 3 is 2.42 bits per heavy atom. The minimum Gasteiger partial charge on any atom is -0.300 e. The van der Waals surface area contributed by atoms with Crippen LogP contribution in [0.15, 0.2) is 11.5 Å². The number of halogens is 3. The zero-order valence-corrected chi connectivity index (χ0v) is 7.17. The van der Waals surface area contributed by atoms with Gasteiger partial charge in [0.15, 0.2) is 0 Å². The van der Waals surface area contributed by atoms with Gasteiger partial charge in [-0.3, -0.25) is 5.41 Å². The molecule has 12 heavy (non-hydrogen) atoms. The van der Waals surface area contributed by atoms with Crippen molar-refractivity contribution in [2.75, 3.05) is 0 Å². The van der Waals surface area contributed by atoms with E-state index in [4.69, 9.17) is 5.41 Å². The molecular weight excluding hydrogens is 187 g/mol. The molecule has 1 nitrogen and oxygen atoms in total. The third-order valence-corrected chi connectivity index (χ3v) is 2.95. The van der Waals surface area contributed by atoms with Crippen LogP contribution in [0.1, 0.15) is 6.92 Å². The molecule has 0 aromatic rings. The summed E-state index contributed by atoms with van der Waals surface area (Å²) in [7, 11) is 0. The average molecular weight is 195 g/mol. The van der Waals surface area contributed by atoms with Gasteiger partial charge in [0, 0.05) is 0 Å². The highest BCUT2D eigenvalue weighted by Crippen LogP contribution is 2.35. The van der Waals surface area contributed by atoms with E-state index in [1.165, 1.54) is 0 Å². The van der Waals surface area contributed by atoms with Gasteiger partial charge in [-0.15, -0.1) is 11.8 Å². The highest BCUT2D eigenvalue weighted by atomic mass is 32.2. The molecule has 1 N–H and O–H groups in total. The lowest BCUT2D eigenvalue weighted by Crippen LogP contribution is -2.33. The van der Waals surface area contributed by atoms with Gasteiger partial charge in [0.05, 0.1) is 5.25 Å². The van der Waals surface area contributed by atoms with Crippen LogP contribution in [-0.4, -0.2) is 17.1 Å². The third kappa shape index (κ3) is 1.83. The zero-order chi connectivity index (χ0) is 9.35. The Labute approximate surface area is 72.5 Å². The Morgan fingerprint density at radius 2 is 2.08 bits per heavy atom. The van der Waals surface area contributed by atoms with Crippen molar-refractivity contribution in [2.45, 2.75) is 18.3 Å². The van der Waals surface area contributed by atoms with Gasteiger partial charge in [0.2, 0.25) is 0 Å². The number of hydrogen-bond acceptors (Lipinski definition) is 2. The molecule has 0 saturated carbocycles. The number of allylic oxidation sites excluding steroid dienone is 1. The molecule has 68 valence electrons. The summed E-state index contributed by atoms with van der Waals surface area (Å²) in [4.78, 5) is 0. The second-order valence-electron chi connectivity index (χ2n) is 2.66. The van der Waals surface area contributed by atoms with Crippen LogP contribution in [0.4, 0.5) is 13.2 Å². The van der Waals surface area contributed by atoms with E-state index < -0.39 is 17.1 Å². The van der Waals surface area contributed by atoms with Gasteiger partial charge in [0.1, 0.15) is 5.71 Å². The molecular formula is C7H8F3NS. The number of hydrogen-bond donors (Lipinski definition) is 1. The highest BCUT2D eigenvalue weighted by Gasteiger charge is 2.42. The van der Waals surface area contributed by atoms with Gasteiger partial charge in [-0.1, -0.05) is 13.0 Å². The van der Waals surface area contributed by atoms with Crippen LogP contribution < -0.4 is 0 Å². The molecule has 2 atom stereocenters. The van der Waals surface area contributed by atoms with Gasteiger partial charge < -0.3 is 0 Å². The first-order chi connectivity index (χ1) is 5.43. The summed E-state index contributed by atoms with van der Waals surface area (Å²) in [5.41, 5.74) is -1.13. The topological polar surface area (TPSA) is 23.9 Å². The van der Waals surface area contributed by atoms with Crippen molar-refractivity contribution in [3.8, 4) is 0 Å². The Balaban J connectivity index is 2.67. The van der Waals surface area contributed by atoms with Crippen LogP contribution in [0, 0.1) is 11.3 Å². The summed E-state index contributed by atoms with van der Waals surface area (Å²) in [6, 6.07) is 0. The van der Waals surface area contributed by atoms with Crippen molar-refractivity contribution >= 4 is 17.5 Å². The summed E-state index contributed by atoms with van der Waals surface area (Å²) in [5.74, 6) is -0.191. The predicted molar refractivity (Wildman–Crippen MR) is 43.5 cm³/mol. The Kier molecular flexibility index (Phi) is 2.51. The lowest BCUT2D eigenvalue weighted by atomic mass is 10.0. The lowest BCUT2D eigenvalue weighted by molar-refractivity contribution is -0.0612. The van der Waals surface area contributed by atoms with E-state index in [1.54, 1.807) is 18.4 Å². The molecule has 0 radical (unpaired) electrons. The van der Waals surface area contributed by atoms with E-state index >= 15 is 0 Å². The summed E-state index contributed by atoms with van der Waals surface area (Å²) >= 11 is 1.06. The van der Waals surface area contributed by atoms with Crippen molar-refractivity contribution < 1.29 is 13.2 Å². The van der Waals surface area contributed by atoms with Crippen molar-refractivity contribution in [3.63, 3.8) is 0 Å². The third-order valence-electron chi connectivity index (χ3n) is 1.67. The van der Waals surface area contributed by atoms with Gasteiger partial charge in [0.25, 0.3) is 0 Å². The molecule has 1 rings (SSSR count). The van der Waals surface area contributed by atoms with Crippen LogP contribution in [0.2, 0.25) is 0 Å². The maximum absolute atomic E-state index is 12.0. The minimum absolute atomic E-state index is 0.191. The lowest BCUT2D eigenvalue weighted by Gasteiger charge is -2.17. The molecule has 0 spiro atoms. The number of alkyl halides is 3. The van der Waals surface area contributed by atoms with Crippen LogP contribution >= 0.6 is 11.8 Å². The first-order valence-corrected chi connectivity index (χ1v) is 4.35. The van der Waals surface area contributed by atoms with E-state index in [0.29, 0.717) is 0 Å². The maximum Gasteiger partial charge on any atom is 0.429 e. The van der Waals surface area contributed by atoms with Gasteiger partial charge in [-0.25, -0.2) is 0 Å². The number of rotatable bonds is 1. The fraction of sp³-hybridized carbons (Fsp3) is 0.571. The average Bonchev–Trinajstić information content (AvgIpc) is 2.31. The van der Waals surface area contributed by atoms with Crippen molar-refractivity contribution in [3.05, 3.63) is 11.5 Å². The molecule has 2 unspecified atom stereocenters.